The summed E-state index contributed by atoms with van der Waals surface area (Å²) < 4.78 is 0. The zero-order valence-corrected chi connectivity index (χ0v) is 11.6. The minimum atomic E-state index is -0.252. The van der Waals surface area contributed by atoms with Gasteiger partial charge in [-0.25, -0.2) is 0 Å². The first-order valence-electron chi connectivity index (χ1n) is 6.80. The number of hydrogen-bond donors (Lipinski definition) is 1. The number of anilines is 1. The third kappa shape index (κ3) is 2.48. The van der Waals surface area contributed by atoms with Crippen molar-refractivity contribution in [1.82, 2.24) is 4.98 Å². The van der Waals surface area contributed by atoms with Crippen molar-refractivity contribution < 1.29 is 9.59 Å². The fraction of sp³-hybridized carbons (Fsp3) is 0.118. The highest BCUT2D eigenvalue weighted by Crippen LogP contribution is 2.21. The molecule has 2 aromatic rings. The first-order valence-corrected chi connectivity index (χ1v) is 6.80. The standard InChI is InChI=1S/C17H14N2O2/c1-2-11-5-7-12(8-6-11)19-14-10-15(20)16-13(17(14)21)4-3-9-18-16/h3-10,19H,2H2,1H3. The second kappa shape index (κ2) is 5.32. The summed E-state index contributed by atoms with van der Waals surface area (Å²) in [5.41, 5.74) is 2.85. The Hall–Kier alpha value is -2.75. The third-order valence-electron chi connectivity index (χ3n) is 3.45. The van der Waals surface area contributed by atoms with E-state index in [0.29, 0.717) is 5.56 Å². The summed E-state index contributed by atoms with van der Waals surface area (Å²) in [7, 11) is 0. The fourth-order valence-electron chi connectivity index (χ4n) is 2.27. The average molecular weight is 278 g/mol. The number of carbonyl (C=O) groups is 2. The van der Waals surface area contributed by atoms with E-state index < -0.39 is 0 Å². The summed E-state index contributed by atoms with van der Waals surface area (Å²) in [6.07, 6.45) is 3.78. The molecule has 0 fully saturated rings. The molecule has 3 rings (SSSR count). The van der Waals surface area contributed by atoms with Crippen LogP contribution in [0.25, 0.3) is 0 Å². The van der Waals surface area contributed by atoms with Crippen LogP contribution in [0.4, 0.5) is 5.69 Å². The Morgan fingerprint density at radius 2 is 1.86 bits per heavy atom. The van der Waals surface area contributed by atoms with Crippen LogP contribution in [0, 0.1) is 0 Å². The van der Waals surface area contributed by atoms with Gasteiger partial charge in [0.1, 0.15) is 5.69 Å². The first-order chi connectivity index (χ1) is 10.2. The minimum absolute atomic E-state index is 0.211. The molecular weight excluding hydrogens is 264 g/mol. The lowest BCUT2D eigenvalue weighted by Crippen LogP contribution is -2.22. The lowest BCUT2D eigenvalue weighted by atomic mass is 9.97. The summed E-state index contributed by atoms with van der Waals surface area (Å²) in [6.45, 7) is 2.08. The van der Waals surface area contributed by atoms with E-state index in [0.717, 1.165) is 12.1 Å². The number of aryl methyl sites for hydroxylation is 1. The van der Waals surface area contributed by atoms with Crippen molar-refractivity contribution in [3.05, 3.63) is 71.2 Å². The van der Waals surface area contributed by atoms with E-state index in [2.05, 4.69) is 17.2 Å². The van der Waals surface area contributed by atoms with Gasteiger partial charge in [0.05, 0.1) is 11.3 Å². The van der Waals surface area contributed by atoms with Gasteiger partial charge >= 0.3 is 0 Å². The molecule has 1 aliphatic rings. The number of carbonyl (C=O) groups excluding carboxylic acids is 2. The van der Waals surface area contributed by atoms with E-state index in [9.17, 15) is 9.59 Å². The van der Waals surface area contributed by atoms with E-state index in [1.54, 1.807) is 12.1 Å². The minimum Gasteiger partial charge on any atom is -0.352 e. The van der Waals surface area contributed by atoms with Crippen LogP contribution in [-0.2, 0) is 6.42 Å². The Kier molecular flexibility index (Phi) is 3.36. The third-order valence-corrected chi connectivity index (χ3v) is 3.45. The second-order valence-electron chi connectivity index (χ2n) is 4.83. The number of Topliss-reactive ketones (excluding diaryl/α,β-unsaturated/α-hetero) is 1. The summed E-state index contributed by atoms with van der Waals surface area (Å²) in [6, 6.07) is 11.1. The number of fused-ring (bicyclic) bond motifs is 1. The van der Waals surface area contributed by atoms with Crippen LogP contribution in [0.2, 0.25) is 0 Å². The van der Waals surface area contributed by atoms with Crippen molar-refractivity contribution in [2.24, 2.45) is 0 Å². The van der Waals surface area contributed by atoms with Gasteiger partial charge in [0.2, 0.25) is 11.6 Å². The molecule has 0 unspecified atom stereocenters. The Bertz CT molecular complexity index is 746. The molecular formula is C17H14N2O2. The van der Waals surface area contributed by atoms with E-state index in [-0.39, 0.29) is 23.0 Å². The monoisotopic (exact) mass is 278 g/mol. The largest absolute Gasteiger partial charge is 0.352 e. The van der Waals surface area contributed by atoms with Crippen LogP contribution >= 0.6 is 0 Å². The van der Waals surface area contributed by atoms with Gasteiger partial charge in [-0.05, 0) is 36.2 Å². The quantitative estimate of drug-likeness (QED) is 0.937. The normalized spacial score (nSPS) is 13.7. The van der Waals surface area contributed by atoms with E-state index in [1.165, 1.54) is 17.8 Å². The van der Waals surface area contributed by atoms with Crippen LogP contribution in [0.1, 0.15) is 33.3 Å². The Morgan fingerprint density at radius 3 is 2.57 bits per heavy atom. The number of allylic oxidation sites excluding steroid dienone is 2. The molecule has 104 valence electrons. The topological polar surface area (TPSA) is 59.1 Å². The lowest BCUT2D eigenvalue weighted by Gasteiger charge is -2.15. The number of rotatable bonds is 3. The van der Waals surface area contributed by atoms with Crippen LogP contribution < -0.4 is 5.32 Å². The maximum absolute atomic E-state index is 12.4. The highest BCUT2D eigenvalue weighted by atomic mass is 16.1. The molecule has 1 aliphatic carbocycles. The maximum atomic E-state index is 12.4. The molecule has 1 aromatic heterocycles. The highest BCUT2D eigenvalue weighted by molar-refractivity contribution is 6.24. The molecule has 1 aromatic carbocycles. The summed E-state index contributed by atoms with van der Waals surface area (Å²) in [5, 5.41) is 3.02. The maximum Gasteiger partial charge on any atom is 0.211 e. The van der Waals surface area contributed by atoms with Gasteiger partial charge < -0.3 is 5.32 Å². The van der Waals surface area contributed by atoms with Crippen molar-refractivity contribution in [3.63, 3.8) is 0 Å². The van der Waals surface area contributed by atoms with E-state index in [4.69, 9.17) is 0 Å². The van der Waals surface area contributed by atoms with Crippen LogP contribution in [0.5, 0.6) is 0 Å². The summed E-state index contributed by atoms with van der Waals surface area (Å²) in [5.74, 6) is -0.463. The first kappa shape index (κ1) is 13.2. The van der Waals surface area contributed by atoms with Crippen LogP contribution in [-0.4, -0.2) is 16.6 Å². The Balaban J connectivity index is 1.89. The van der Waals surface area contributed by atoms with E-state index in [1.807, 2.05) is 24.3 Å². The molecule has 0 radical (unpaired) electrons. The van der Waals surface area contributed by atoms with Crippen molar-refractivity contribution in [2.45, 2.75) is 13.3 Å². The number of ketones is 2. The molecule has 0 saturated heterocycles. The number of benzene rings is 1. The van der Waals surface area contributed by atoms with Gasteiger partial charge in [-0.15, -0.1) is 0 Å². The number of nitrogens with zero attached hydrogens (tertiary/aromatic N) is 1. The second-order valence-corrected chi connectivity index (χ2v) is 4.83. The SMILES string of the molecule is CCc1ccc(NC2=CC(=O)c3ncccc3C2=O)cc1. The molecule has 1 N–H and O–H groups in total. The highest BCUT2D eigenvalue weighted by Gasteiger charge is 2.26. The number of pyridine rings is 1. The number of hydrogen-bond acceptors (Lipinski definition) is 4. The summed E-state index contributed by atoms with van der Waals surface area (Å²) in [4.78, 5) is 28.3. The van der Waals surface area contributed by atoms with Gasteiger partial charge in [-0.3, -0.25) is 14.6 Å². The van der Waals surface area contributed by atoms with Gasteiger partial charge in [0.25, 0.3) is 0 Å². The predicted octanol–water partition coefficient (Wildman–Crippen LogP) is 3.02. The number of aromatic nitrogens is 1. The molecule has 4 heteroatoms. The van der Waals surface area contributed by atoms with Crippen molar-refractivity contribution in [3.8, 4) is 0 Å². The fourth-order valence-corrected chi connectivity index (χ4v) is 2.27. The molecule has 0 aliphatic heterocycles. The molecule has 0 bridgehead atoms. The number of nitrogens with one attached hydrogen (secondary N) is 1. The molecule has 0 saturated carbocycles. The van der Waals surface area contributed by atoms with Gasteiger partial charge in [0.15, 0.2) is 0 Å². The zero-order valence-electron chi connectivity index (χ0n) is 11.6. The average Bonchev–Trinajstić information content (AvgIpc) is 2.53. The van der Waals surface area contributed by atoms with Gasteiger partial charge in [-0.1, -0.05) is 19.1 Å². The molecule has 21 heavy (non-hydrogen) atoms. The van der Waals surface area contributed by atoms with Gasteiger partial charge in [0, 0.05) is 18.0 Å². The van der Waals surface area contributed by atoms with E-state index >= 15 is 0 Å². The molecule has 0 amide bonds. The Labute approximate surface area is 122 Å². The van der Waals surface area contributed by atoms with Crippen molar-refractivity contribution in [1.29, 1.82) is 0 Å². The van der Waals surface area contributed by atoms with Crippen LogP contribution in [0.3, 0.4) is 0 Å². The molecule has 0 atom stereocenters. The lowest BCUT2D eigenvalue weighted by molar-refractivity contribution is 0.0982. The molecule has 0 spiro atoms. The zero-order chi connectivity index (χ0) is 14.8. The summed E-state index contributed by atoms with van der Waals surface area (Å²) >= 11 is 0. The molecule has 4 nitrogen and oxygen atoms in total. The van der Waals surface area contributed by atoms with Crippen LogP contribution in [0.15, 0.2) is 54.4 Å². The smallest absolute Gasteiger partial charge is 0.211 e. The van der Waals surface area contributed by atoms with Gasteiger partial charge in [-0.2, -0.15) is 0 Å². The molecule has 1 heterocycles. The van der Waals surface area contributed by atoms with Crippen molar-refractivity contribution in [2.75, 3.05) is 5.32 Å². The Morgan fingerprint density at radius 1 is 1.10 bits per heavy atom. The predicted molar refractivity (Wildman–Crippen MR) is 80.4 cm³/mol. The van der Waals surface area contributed by atoms with Crippen molar-refractivity contribution >= 4 is 17.3 Å².